The molecular weight excluding hydrogens is 574 g/mol. The summed E-state index contributed by atoms with van der Waals surface area (Å²) in [4.78, 5) is 29.4. The fourth-order valence-electron chi connectivity index (χ4n) is 4.96. The Labute approximate surface area is 260 Å². The Morgan fingerprint density at radius 2 is 1.39 bits per heavy atom. The van der Waals surface area contributed by atoms with Crippen molar-refractivity contribution in [2.45, 2.75) is 44.7 Å². The Hall–Kier alpha value is -4.63. The average Bonchev–Trinajstić information content (AvgIpc) is 3.02. The van der Waals surface area contributed by atoms with Gasteiger partial charge in [-0.15, -0.1) is 0 Å². The molecule has 0 aromatic heterocycles. The van der Waals surface area contributed by atoms with Crippen LogP contribution in [0.4, 0.5) is 5.69 Å². The van der Waals surface area contributed by atoms with Crippen molar-refractivity contribution in [1.29, 1.82) is 0 Å². The highest BCUT2D eigenvalue weighted by Gasteiger charge is 2.35. The summed E-state index contributed by atoms with van der Waals surface area (Å²) in [5, 5.41) is 2.70. The number of benzene rings is 4. The Morgan fingerprint density at radius 1 is 0.795 bits per heavy atom. The zero-order valence-electron chi connectivity index (χ0n) is 25.8. The van der Waals surface area contributed by atoms with Crippen molar-refractivity contribution in [2.24, 2.45) is 0 Å². The fraction of sp³-hybridized carbons (Fsp3) is 0.257. The minimum atomic E-state index is -4.23. The smallest absolute Gasteiger partial charge is 0.264 e. The van der Waals surface area contributed by atoms with Crippen LogP contribution in [0.1, 0.15) is 27.8 Å². The van der Waals surface area contributed by atoms with Crippen molar-refractivity contribution < 1.29 is 22.7 Å². The second kappa shape index (κ2) is 14.2. The van der Waals surface area contributed by atoms with Crippen LogP contribution in [0.15, 0.2) is 102 Å². The standard InChI is InChI=1S/C35H39N3O5S/c1-25-11-16-29(17-12-25)23-37(32(35(40)36-4)22-28-9-7-6-8-10-28)34(39)24-38(31-21-27(3)15-20-33(31)43-5)44(41,42)30-18-13-26(2)14-19-30/h6-21,32H,22-24H2,1-5H3,(H,36,40). The maximum atomic E-state index is 14.5. The monoisotopic (exact) mass is 613 g/mol. The van der Waals surface area contributed by atoms with Crippen molar-refractivity contribution in [3.63, 3.8) is 0 Å². The maximum Gasteiger partial charge on any atom is 0.264 e. The van der Waals surface area contributed by atoms with E-state index >= 15 is 0 Å². The largest absolute Gasteiger partial charge is 0.495 e. The van der Waals surface area contributed by atoms with Crippen molar-refractivity contribution in [1.82, 2.24) is 10.2 Å². The van der Waals surface area contributed by atoms with Gasteiger partial charge in [0.25, 0.3) is 10.0 Å². The molecule has 9 heteroatoms. The topological polar surface area (TPSA) is 96.0 Å². The van der Waals surface area contributed by atoms with Crippen molar-refractivity contribution >= 4 is 27.5 Å². The number of hydrogen-bond donors (Lipinski definition) is 1. The van der Waals surface area contributed by atoms with E-state index in [0.29, 0.717) is 5.75 Å². The number of amides is 2. The molecular formula is C35H39N3O5S. The predicted octanol–water partition coefficient (Wildman–Crippen LogP) is 5.20. The molecule has 0 saturated heterocycles. The van der Waals surface area contributed by atoms with Gasteiger partial charge in [0.05, 0.1) is 17.7 Å². The summed E-state index contributed by atoms with van der Waals surface area (Å²) in [6.07, 6.45) is 0.247. The molecule has 0 bridgehead atoms. The van der Waals surface area contributed by atoms with Crippen LogP contribution in [-0.4, -0.2) is 51.9 Å². The van der Waals surface area contributed by atoms with Crippen LogP contribution < -0.4 is 14.4 Å². The third-order valence-electron chi connectivity index (χ3n) is 7.48. The number of aryl methyl sites for hydroxylation is 3. The molecule has 1 N–H and O–H groups in total. The lowest BCUT2D eigenvalue weighted by atomic mass is 10.0. The van der Waals surface area contributed by atoms with Crippen LogP contribution in [0.25, 0.3) is 0 Å². The van der Waals surface area contributed by atoms with Crippen molar-refractivity contribution in [3.05, 3.63) is 125 Å². The van der Waals surface area contributed by atoms with Gasteiger partial charge in [-0.25, -0.2) is 8.42 Å². The minimum absolute atomic E-state index is 0.0386. The van der Waals surface area contributed by atoms with Gasteiger partial charge in [0, 0.05) is 20.0 Å². The second-order valence-corrected chi connectivity index (χ2v) is 12.7. The number of nitrogens with one attached hydrogen (secondary N) is 1. The van der Waals surface area contributed by atoms with Gasteiger partial charge in [0.2, 0.25) is 11.8 Å². The molecule has 8 nitrogen and oxygen atoms in total. The van der Waals surface area contributed by atoms with E-state index in [4.69, 9.17) is 4.74 Å². The van der Waals surface area contributed by atoms with E-state index in [-0.39, 0.29) is 29.5 Å². The number of carbonyl (C=O) groups is 2. The van der Waals surface area contributed by atoms with E-state index in [1.54, 1.807) is 24.3 Å². The van der Waals surface area contributed by atoms with Gasteiger partial charge < -0.3 is 15.0 Å². The molecule has 0 aliphatic carbocycles. The van der Waals surface area contributed by atoms with Crippen LogP contribution in [0.2, 0.25) is 0 Å². The Balaban J connectivity index is 1.83. The molecule has 1 unspecified atom stereocenters. The first-order valence-electron chi connectivity index (χ1n) is 14.4. The molecule has 4 rings (SSSR count). The third kappa shape index (κ3) is 7.65. The summed E-state index contributed by atoms with van der Waals surface area (Å²) in [5.74, 6) is -0.582. The van der Waals surface area contributed by atoms with E-state index in [0.717, 1.165) is 32.1 Å². The van der Waals surface area contributed by atoms with Gasteiger partial charge in [0.15, 0.2) is 0 Å². The van der Waals surface area contributed by atoms with Gasteiger partial charge in [0.1, 0.15) is 18.3 Å². The molecule has 4 aromatic carbocycles. The molecule has 230 valence electrons. The van der Waals surface area contributed by atoms with Gasteiger partial charge in [-0.3, -0.25) is 13.9 Å². The lowest BCUT2D eigenvalue weighted by molar-refractivity contribution is -0.139. The Kier molecular flexibility index (Phi) is 10.4. The van der Waals surface area contributed by atoms with Gasteiger partial charge in [-0.1, -0.05) is 83.9 Å². The first-order chi connectivity index (χ1) is 21.0. The Bertz CT molecular complexity index is 1690. The molecule has 0 spiro atoms. The molecule has 0 saturated carbocycles. The zero-order chi connectivity index (χ0) is 31.9. The summed E-state index contributed by atoms with van der Waals surface area (Å²) in [6, 6.07) is 27.9. The maximum absolute atomic E-state index is 14.5. The number of nitrogens with zero attached hydrogens (tertiary/aromatic N) is 2. The van der Waals surface area contributed by atoms with E-state index in [9.17, 15) is 18.0 Å². The lowest BCUT2D eigenvalue weighted by Crippen LogP contribution is -2.53. The second-order valence-electron chi connectivity index (χ2n) is 10.8. The number of hydrogen-bond acceptors (Lipinski definition) is 5. The predicted molar refractivity (Wildman–Crippen MR) is 173 cm³/mol. The summed E-state index contributed by atoms with van der Waals surface area (Å²) >= 11 is 0. The number of anilines is 1. The molecule has 0 aliphatic heterocycles. The zero-order valence-corrected chi connectivity index (χ0v) is 26.6. The highest BCUT2D eigenvalue weighted by molar-refractivity contribution is 7.92. The Morgan fingerprint density at radius 3 is 1.98 bits per heavy atom. The van der Waals surface area contributed by atoms with Crippen LogP contribution in [0.5, 0.6) is 5.75 Å². The van der Waals surface area contributed by atoms with E-state index in [1.807, 2.05) is 81.4 Å². The molecule has 4 aromatic rings. The first kappa shape index (κ1) is 32.3. The summed E-state index contributed by atoms with van der Waals surface area (Å²) < 4.78 is 35.1. The highest BCUT2D eigenvalue weighted by Crippen LogP contribution is 2.34. The summed E-state index contributed by atoms with van der Waals surface area (Å²) in [5.41, 5.74) is 4.66. The fourth-order valence-corrected chi connectivity index (χ4v) is 6.37. The third-order valence-corrected chi connectivity index (χ3v) is 9.26. The van der Waals surface area contributed by atoms with E-state index in [1.165, 1.54) is 31.2 Å². The van der Waals surface area contributed by atoms with Crippen molar-refractivity contribution in [2.75, 3.05) is 25.0 Å². The van der Waals surface area contributed by atoms with Crippen molar-refractivity contribution in [3.8, 4) is 5.75 Å². The van der Waals surface area contributed by atoms with Crippen LogP contribution in [0, 0.1) is 20.8 Å². The van der Waals surface area contributed by atoms with E-state index < -0.39 is 28.5 Å². The quantitative estimate of drug-likeness (QED) is 0.237. The number of rotatable bonds is 12. The SMILES string of the molecule is CNC(=O)C(Cc1ccccc1)N(Cc1ccc(C)cc1)C(=O)CN(c1cc(C)ccc1OC)S(=O)(=O)c1ccc(C)cc1. The molecule has 44 heavy (non-hydrogen) atoms. The minimum Gasteiger partial charge on any atom is -0.495 e. The van der Waals surface area contributed by atoms with Gasteiger partial charge >= 0.3 is 0 Å². The number of ether oxygens (including phenoxy) is 1. The molecule has 1 atom stereocenters. The number of sulfonamides is 1. The number of methoxy groups -OCH3 is 1. The summed E-state index contributed by atoms with van der Waals surface area (Å²) in [6.45, 7) is 5.23. The number of likely N-dealkylation sites (N-methyl/N-ethyl adjacent to an activating group) is 1. The average molecular weight is 614 g/mol. The van der Waals surface area contributed by atoms with Gasteiger partial charge in [-0.2, -0.15) is 0 Å². The van der Waals surface area contributed by atoms with E-state index in [2.05, 4.69) is 5.32 Å². The lowest BCUT2D eigenvalue weighted by Gasteiger charge is -2.34. The van der Waals surface area contributed by atoms with Crippen LogP contribution >= 0.6 is 0 Å². The molecule has 0 radical (unpaired) electrons. The highest BCUT2D eigenvalue weighted by atomic mass is 32.2. The molecule has 0 heterocycles. The molecule has 0 aliphatic rings. The first-order valence-corrected chi connectivity index (χ1v) is 15.8. The van der Waals surface area contributed by atoms with Crippen LogP contribution in [0.3, 0.4) is 0 Å². The van der Waals surface area contributed by atoms with Gasteiger partial charge in [-0.05, 0) is 61.7 Å². The number of carbonyl (C=O) groups excluding carboxylic acids is 2. The molecule has 2 amide bonds. The normalized spacial score (nSPS) is 11.8. The molecule has 0 fully saturated rings. The van der Waals surface area contributed by atoms with Crippen LogP contribution in [-0.2, 0) is 32.6 Å². The summed E-state index contributed by atoms with van der Waals surface area (Å²) in [7, 11) is -1.25.